The molecule has 6 aliphatic carbocycles. The molecule has 6 rings (SSSR count). The zero-order chi connectivity index (χ0) is 36.5. The summed E-state index contributed by atoms with van der Waals surface area (Å²) >= 11 is 0. The average molecular weight is 681 g/mol. The predicted molar refractivity (Wildman–Crippen MR) is 189 cm³/mol. The molecule has 4 N–H and O–H groups in total. The van der Waals surface area contributed by atoms with Crippen LogP contribution in [-0.4, -0.2) is 45.9 Å². The maximum absolute atomic E-state index is 13.8. The second-order valence-electron chi connectivity index (χ2n) is 20.2. The molecule has 0 radical (unpaired) electrons. The molecule has 10 atom stereocenters. The maximum atomic E-state index is 13.8. The van der Waals surface area contributed by atoms with Crippen molar-refractivity contribution in [3.63, 3.8) is 0 Å². The van der Waals surface area contributed by atoms with Crippen LogP contribution in [0.1, 0.15) is 140 Å². The number of carboxylic acids is 1. The van der Waals surface area contributed by atoms with Crippen LogP contribution in [0.15, 0.2) is 11.1 Å². The first-order chi connectivity index (χ1) is 22.4. The van der Waals surface area contributed by atoms with Crippen LogP contribution < -0.4 is 11.1 Å². The lowest BCUT2D eigenvalue weighted by molar-refractivity contribution is -0.235. The highest BCUT2D eigenvalue weighted by molar-refractivity contribution is 6.02. The highest BCUT2D eigenvalue weighted by Gasteiger charge is 2.70. The molecule has 0 aliphatic heterocycles. The third-order valence-corrected chi connectivity index (χ3v) is 16.4. The van der Waals surface area contributed by atoms with Crippen LogP contribution in [0.3, 0.4) is 0 Å². The number of rotatable bonds is 6. The number of fused-ring (bicyclic) bond motifs is 7. The Hall–Kier alpha value is -2.22. The highest BCUT2D eigenvalue weighted by Crippen LogP contribution is 2.76. The van der Waals surface area contributed by atoms with Gasteiger partial charge in [0.25, 0.3) is 0 Å². The second kappa shape index (κ2) is 11.1. The first-order valence-electron chi connectivity index (χ1n) is 19.2. The first kappa shape index (κ1) is 36.6. The van der Waals surface area contributed by atoms with Crippen molar-refractivity contribution in [2.24, 2.45) is 68.3 Å². The van der Waals surface area contributed by atoms with Crippen LogP contribution >= 0.6 is 0 Å². The SMILES string of the molecule is CC(C)C1=C2C3CCC4C5(C)CCC(OC(=O)C6CC(C(=O)O)C6(C)C)C(C)(C)C5CCC4(C)[C@]3(C)CCC2(NC(=O)C(C)(C)N)CC1=O. The molecule has 0 aromatic rings. The summed E-state index contributed by atoms with van der Waals surface area (Å²) in [6.07, 6.45) is 8.24. The summed E-state index contributed by atoms with van der Waals surface area (Å²) in [6, 6.07) is 0. The standard InChI is InChI=1S/C41H64N2O6/c1-22(2)30-26(44)21-41(43-34(48)37(7,8)42)19-18-39(10)23(31(30)41)12-13-28-38(9)16-15-29(36(5,6)27(38)14-17-40(28,39)11)49-33(47)25-20-24(32(45)46)35(25,3)4/h22-25,27-29H,12-21,42H2,1-11H3,(H,43,48)(H,45,46)/t23?,24?,25?,27?,28?,29?,38?,39-,40?,41?/m1/s1. The van der Waals surface area contributed by atoms with E-state index in [1.54, 1.807) is 13.8 Å². The van der Waals surface area contributed by atoms with Crippen LogP contribution in [0, 0.1) is 62.6 Å². The molecule has 6 aliphatic rings. The molecule has 5 fully saturated rings. The van der Waals surface area contributed by atoms with E-state index in [9.17, 15) is 24.3 Å². The van der Waals surface area contributed by atoms with E-state index < -0.39 is 28.4 Å². The fraction of sp³-hybridized carbons (Fsp3) is 0.854. The summed E-state index contributed by atoms with van der Waals surface area (Å²) in [7, 11) is 0. The molecule has 5 saturated carbocycles. The summed E-state index contributed by atoms with van der Waals surface area (Å²) in [5.74, 6) is -0.771. The number of ketones is 1. The summed E-state index contributed by atoms with van der Waals surface area (Å²) < 4.78 is 6.38. The molecule has 8 nitrogen and oxygen atoms in total. The molecular weight excluding hydrogens is 616 g/mol. The van der Waals surface area contributed by atoms with Crippen LogP contribution in [0.4, 0.5) is 0 Å². The van der Waals surface area contributed by atoms with Gasteiger partial charge in [0.1, 0.15) is 6.10 Å². The zero-order valence-electron chi connectivity index (χ0n) is 32.2. The fourth-order valence-corrected chi connectivity index (χ4v) is 13.3. The van der Waals surface area contributed by atoms with Gasteiger partial charge >= 0.3 is 11.9 Å². The number of aliphatic carboxylic acids is 1. The summed E-state index contributed by atoms with van der Waals surface area (Å²) in [4.78, 5) is 52.5. The van der Waals surface area contributed by atoms with Gasteiger partial charge in [0.15, 0.2) is 5.78 Å². The number of carbonyl (C=O) groups excluding carboxylic acids is 3. The predicted octanol–water partition coefficient (Wildman–Crippen LogP) is 7.23. The van der Waals surface area contributed by atoms with Crippen LogP contribution in [0.2, 0.25) is 0 Å². The van der Waals surface area contributed by atoms with Crippen molar-refractivity contribution in [2.75, 3.05) is 0 Å². The normalized spacial score (nSPS) is 43.8. The molecule has 0 aromatic heterocycles. The number of allylic oxidation sites excluding steroid dienone is 1. The van der Waals surface area contributed by atoms with Crippen molar-refractivity contribution < 1.29 is 29.0 Å². The molecule has 9 unspecified atom stereocenters. The van der Waals surface area contributed by atoms with E-state index >= 15 is 0 Å². The van der Waals surface area contributed by atoms with Crippen molar-refractivity contribution in [1.82, 2.24) is 5.32 Å². The molecule has 0 heterocycles. The molecule has 0 saturated heterocycles. The van der Waals surface area contributed by atoms with E-state index in [1.807, 2.05) is 13.8 Å². The second-order valence-corrected chi connectivity index (χ2v) is 20.2. The Kier molecular flexibility index (Phi) is 8.31. The van der Waals surface area contributed by atoms with E-state index in [1.165, 1.54) is 5.57 Å². The van der Waals surface area contributed by atoms with Crippen LogP contribution in [-0.2, 0) is 23.9 Å². The lowest BCUT2D eigenvalue weighted by Gasteiger charge is -2.72. The monoisotopic (exact) mass is 680 g/mol. The Morgan fingerprint density at radius 1 is 0.857 bits per heavy atom. The quantitative estimate of drug-likeness (QED) is 0.252. The van der Waals surface area contributed by atoms with Crippen molar-refractivity contribution in [1.29, 1.82) is 0 Å². The van der Waals surface area contributed by atoms with Gasteiger partial charge in [-0.1, -0.05) is 62.3 Å². The fourth-order valence-electron chi connectivity index (χ4n) is 13.3. The van der Waals surface area contributed by atoms with Gasteiger partial charge in [0, 0.05) is 11.8 Å². The van der Waals surface area contributed by atoms with Gasteiger partial charge in [0.05, 0.1) is 22.9 Å². The number of hydrogen-bond donors (Lipinski definition) is 3. The van der Waals surface area contributed by atoms with Gasteiger partial charge in [-0.05, 0) is 128 Å². The lowest BCUT2D eigenvalue weighted by Crippen LogP contribution is -2.68. The van der Waals surface area contributed by atoms with Crippen molar-refractivity contribution >= 4 is 23.6 Å². The molecule has 8 heteroatoms. The van der Waals surface area contributed by atoms with E-state index in [-0.39, 0.29) is 63.2 Å². The van der Waals surface area contributed by atoms with E-state index in [0.717, 1.165) is 56.9 Å². The Morgan fingerprint density at radius 2 is 1.51 bits per heavy atom. The van der Waals surface area contributed by atoms with E-state index in [4.69, 9.17) is 10.5 Å². The Balaban J connectivity index is 1.28. The Labute approximate surface area is 294 Å². The Bertz CT molecular complexity index is 1490. The number of carbonyl (C=O) groups is 4. The van der Waals surface area contributed by atoms with Crippen molar-refractivity contribution in [2.45, 2.75) is 158 Å². The maximum Gasteiger partial charge on any atom is 0.309 e. The van der Waals surface area contributed by atoms with Gasteiger partial charge < -0.3 is 20.9 Å². The van der Waals surface area contributed by atoms with Crippen molar-refractivity contribution in [3.05, 3.63) is 11.1 Å². The van der Waals surface area contributed by atoms with E-state index in [0.29, 0.717) is 24.7 Å². The lowest BCUT2D eigenvalue weighted by atomic mass is 9.33. The number of nitrogens with one attached hydrogen (secondary N) is 1. The summed E-state index contributed by atoms with van der Waals surface area (Å²) in [6.45, 7) is 23.7. The third kappa shape index (κ3) is 4.98. The molecule has 0 aromatic carbocycles. The number of ether oxygens (including phenoxy) is 1. The first-order valence-corrected chi connectivity index (χ1v) is 19.2. The van der Waals surface area contributed by atoms with Crippen LogP contribution in [0.25, 0.3) is 0 Å². The summed E-state index contributed by atoms with van der Waals surface area (Å²) in [5, 5.41) is 13.0. The van der Waals surface area contributed by atoms with Gasteiger partial charge in [0.2, 0.25) is 5.91 Å². The number of carboxylic acid groups (broad SMARTS) is 1. The molecule has 0 bridgehead atoms. The van der Waals surface area contributed by atoms with Gasteiger partial charge in [-0.3, -0.25) is 19.2 Å². The zero-order valence-corrected chi connectivity index (χ0v) is 32.2. The molecule has 49 heavy (non-hydrogen) atoms. The van der Waals surface area contributed by atoms with E-state index in [2.05, 4.69) is 53.8 Å². The molecular formula is C41H64N2O6. The van der Waals surface area contributed by atoms with Gasteiger partial charge in [-0.25, -0.2) is 0 Å². The van der Waals surface area contributed by atoms with Crippen LogP contribution in [0.5, 0.6) is 0 Å². The molecule has 1 amide bonds. The Morgan fingerprint density at radius 3 is 2.08 bits per heavy atom. The van der Waals surface area contributed by atoms with Gasteiger partial charge in [-0.2, -0.15) is 0 Å². The minimum atomic E-state index is -1.03. The van der Waals surface area contributed by atoms with Crippen molar-refractivity contribution in [3.8, 4) is 0 Å². The highest BCUT2D eigenvalue weighted by atomic mass is 16.5. The minimum absolute atomic E-state index is 0.0274. The number of esters is 1. The van der Waals surface area contributed by atoms with Gasteiger partial charge in [-0.15, -0.1) is 0 Å². The number of amides is 1. The molecule has 274 valence electrons. The number of Topliss-reactive ketones (excluding diaryl/α,β-unsaturated/α-hetero) is 1. The minimum Gasteiger partial charge on any atom is -0.481 e. The largest absolute Gasteiger partial charge is 0.481 e. The topological polar surface area (TPSA) is 136 Å². The summed E-state index contributed by atoms with van der Waals surface area (Å²) in [5.41, 5.74) is 6.05. The number of nitrogens with two attached hydrogens (primary N) is 1. The average Bonchev–Trinajstić information content (AvgIpc) is 3.25. The third-order valence-electron chi connectivity index (χ3n) is 16.4. The number of hydrogen-bond acceptors (Lipinski definition) is 6. The smallest absolute Gasteiger partial charge is 0.309 e. The molecule has 0 spiro atoms.